The third kappa shape index (κ3) is 4.18. The molecule has 0 saturated heterocycles. The van der Waals surface area contributed by atoms with Gasteiger partial charge in [0.15, 0.2) is 0 Å². The predicted molar refractivity (Wildman–Crippen MR) is 84.1 cm³/mol. The van der Waals surface area contributed by atoms with Crippen LogP contribution in [-0.2, 0) is 21.2 Å². The van der Waals surface area contributed by atoms with Gasteiger partial charge in [0, 0.05) is 17.8 Å². The molecule has 0 spiro atoms. The summed E-state index contributed by atoms with van der Waals surface area (Å²) < 4.78 is 23.8. The van der Waals surface area contributed by atoms with Crippen LogP contribution >= 0.6 is 0 Å². The molecule has 0 heterocycles. The minimum atomic E-state index is -3.67. The summed E-state index contributed by atoms with van der Waals surface area (Å²) in [5, 5.41) is 11.6. The summed E-state index contributed by atoms with van der Waals surface area (Å²) >= 11 is 0. The van der Waals surface area contributed by atoms with Crippen LogP contribution < -0.4 is 11.5 Å². The van der Waals surface area contributed by atoms with E-state index in [4.69, 9.17) is 16.7 Å². The lowest BCUT2D eigenvalue weighted by molar-refractivity contribution is -0.127. The number of oxime groups is 1. The Kier molecular flexibility index (Phi) is 5.89. The van der Waals surface area contributed by atoms with Crippen LogP contribution in [0.2, 0.25) is 0 Å². The molecule has 1 aromatic carbocycles. The standard InChI is InChI=1S/C13H20N4O4S/c1-3-17(22(2,20)21)13(18)12(15)7-9-5-4-6-11(14)10(9)8-16-19/h4-6,8,12,19H,3,7,14-15H2,1-2H3/t12-/m0/s1. The second-order valence-corrected chi connectivity index (χ2v) is 6.65. The number of carbonyl (C=O) groups excluding carboxylic acids is 1. The summed E-state index contributed by atoms with van der Waals surface area (Å²) in [6.45, 7) is 1.56. The maximum absolute atomic E-state index is 12.2. The highest BCUT2D eigenvalue weighted by Gasteiger charge is 2.27. The molecule has 1 rings (SSSR count). The summed E-state index contributed by atoms with van der Waals surface area (Å²) in [5.41, 5.74) is 13.0. The number of nitrogens with zero attached hydrogens (tertiary/aromatic N) is 2. The van der Waals surface area contributed by atoms with E-state index in [0.717, 1.165) is 16.8 Å². The summed E-state index contributed by atoms with van der Waals surface area (Å²) in [7, 11) is -3.67. The first-order valence-electron chi connectivity index (χ1n) is 6.54. The summed E-state index contributed by atoms with van der Waals surface area (Å²) in [4.78, 5) is 12.2. The minimum Gasteiger partial charge on any atom is -0.411 e. The lowest BCUT2D eigenvalue weighted by Crippen LogP contribution is -2.47. The van der Waals surface area contributed by atoms with Gasteiger partial charge in [-0.2, -0.15) is 0 Å². The zero-order valence-corrected chi connectivity index (χ0v) is 13.2. The van der Waals surface area contributed by atoms with Gasteiger partial charge >= 0.3 is 0 Å². The highest BCUT2D eigenvalue weighted by Crippen LogP contribution is 2.17. The molecule has 8 nitrogen and oxygen atoms in total. The Morgan fingerprint density at radius 3 is 2.64 bits per heavy atom. The number of benzene rings is 1. The molecule has 1 aromatic rings. The first-order valence-corrected chi connectivity index (χ1v) is 8.39. The summed E-state index contributed by atoms with van der Waals surface area (Å²) in [6, 6.07) is 3.91. The number of carbonyl (C=O) groups is 1. The van der Waals surface area contributed by atoms with Crippen molar-refractivity contribution in [3.8, 4) is 0 Å². The number of amides is 1. The molecule has 0 aliphatic rings. The van der Waals surface area contributed by atoms with Gasteiger partial charge in [-0.05, 0) is 25.0 Å². The van der Waals surface area contributed by atoms with E-state index in [1.165, 1.54) is 0 Å². The third-order valence-corrected chi connectivity index (χ3v) is 4.35. The third-order valence-electron chi connectivity index (χ3n) is 3.11. The number of anilines is 1. The normalized spacial score (nSPS) is 13.2. The quantitative estimate of drug-likeness (QED) is 0.285. The molecule has 0 bridgehead atoms. The number of nitrogens with two attached hydrogens (primary N) is 2. The minimum absolute atomic E-state index is 0.00719. The lowest BCUT2D eigenvalue weighted by Gasteiger charge is -2.22. The molecule has 0 saturated carbocycles. The fraction of sp³-hybridized carbons (Fsp3) is 0.385. The Bertz CT molecular complexity index is 673. The van der Waals surface area contributed by atoms with Crippen LogP contribution in [0.15, 0.2) is 23.4 Å². The molecular formula is C13H20N4O4S. The van der Waals surface area contributed by atoms with Crippen LogP contribution in [0.25, 0.3) is 0 Å². The first kappa shape index (κ1) is 17.9. The molecule has 22 heavy (non-hydrogen) atoms. The maximum atomic E-state index is 12.2. The molecular weight excluding hydrogens is 308 g/mol. The number of nitrogen functional groups attached to an aromatic ring is 1. The van der Waals surface area contributed by atoms with Crippen LogP contribution in [0, 0.1) is 0 Å². The molecule has 0 radical (unpaired) electrons. The van der Waals surface area contributed by atoms with Crippen molar-refractivity contribution in [3.63, 3.8) is 0 Å². The van der Waals surface area contributed by atoms with Crippen molar-refractivity contribution in [2.75, 3.05) is 18.5 Å². The van der Waals surface area contributed by atoms with Crippen LogP contribution in [0.4, 0.5) is 5.69 Å². The van der Waals surface area contributed by atoms with Gasteiger partial charge in [0.2, 0.25) is 10.0 Å². The van der Waals surface area contributed by atoms with Crippen LogP contribution in [0.5, 0.6) is 0 Å². The molecule has 9 heteroatoms. The Morgan fingerprint density at radius 2 is 2.14 bits per heavy atom. The average molecular weight is 328 g/mol. The predicted octanol–water partition coefficient (Wildman–Crippen LogP) is -0.245. The molecule has 5 N–H and O–H groups in total. The van der Waals surface area contributed by atoms with E-state index in [9.17, 15) is 13.2 Å². The monoisotopic (exact) mass is 328 g/mol. The zero-order chi connectivity index (χ0) is 16.9. The molecule has 1 amide bonds. The second-order valence-electron chi connectivity index (χ2n) is 4.74. The number of likely N-dealkylation sites (N-methyl/N-ethyl adjacent to an activating group) is 1. The SMILES string of the molecule is CCN(C(=O)[C@@H](N)Cc1cccc(N)c1C=NO)S(C)(=O)=O. The number of hydrogen-bond acceptors (Lipinski definition) is 7. The highest BCUT2D eigenvalue weighted by atomic mass is 32.2. The molecule has 0 aliphatic heterocycles. The van der Waals surface area contributed by atoms with E-state index in [0.29, 0.717) is 16.8 Å². The van der Waals surface area contributed by atoms with Crippen molar-refractivity contribution in [1.82, 2.24) is 4.31 Å². The molecule has 0 fully saturated rings. The first-order chi connectivity index (χ1) is 10.2. The Labute approximate surface area is 129 Å². The van der Waals surface area contributed by atoms with E-state index in [-0.39, 0.29) is 13.0 Å². The fourth-order valence-electron chi connectivity index (χ4n) is 2.09. The Hall–Kier alpha value is -2.13. The summed E-state index contributed by atoms with van der Waals surface area (Å²) in [6.07, 6.45) is 2.17. The number of rotatable bonds is 6. The van der Waals surface area contributed by atoms with Gasteiger partial charge in [0.1, 0.15) is 0 Å². The molecule has 1 atom stereocenters. The second kappa shape index (κ2) is 7.23. The Morgan fingerprint density at radius 1 is 1.50 bits per heavy atom. The van der Waals surface area contributed by atoms with E-state index < -0.39 is 22.0 Å². The number of sulfonamides is 1. The van der Waals surface area contributed by atoms with Gasteiger partial charge in [0.25, 0.3) is 5.91 Å². The smallest absolute Gasteiger partial charge is 0.253 e. The largest absolute Gasteiger partial charge is 0.411 e. The van der Waals surface area contributed by atoms with E-state index in [1.807, 2.05) is 0 Å². The van der Waals surface area contributed by atoms with Gasteiger partial charge in [-0.15, -0.1) is 0 Å². The van der Waals surface area contributed by atoms with Crippen molar-refractivity contribution in [2.24, 2.45) is 10.9 Å². The van der Waals surface area contributed by atoms with Crippen LogP contribution in [0.3, 0.4) is 0 Å². The number of hydrogen-bond donors (Lipinski definition) is 3. The van der Waals surface area contributed by atoms with Crippen molar-refractivity contribution in [2.45, 2.75) is 19.4 Å². The van der Waals surface area contributed by atoms with E-state index in [1.54, 1.807) is 25.1 Å². The van der Waals surface area contributed by atoms with Gasteiger partial charge in [-0.25, -0.2) is 12.7 Å². The highest BCUT2D eigenvalue weighted by molar-refractivity contribution is 7.88. The van der Waals surface area contributed by atoms with Crippen molar-refractivity contribution >= 4 is 27.8 Å². The Balaban J connectivity index is 3.05. The summed E-state index contributed by atoms with van der Waals surface area (Å²) in [5.74, 6) is -0.695. The molecule has 0 aromatic heterocycles. The van der Waals surface area contributed by atoms with E-state index in [2.05, 4.69) is 5.16 Å². The van der Waals surface area contributed by atoms with Crippen molar-refractivity contribution in [3.05, 3.63) is 29.3 Å². The van der Waals surface area contributed by atoms with Crippen LogP contribution in [0.1, 0.15) is 18.1 Å². The molecule has 122 valence electrons. The molecule has 0 aliphatic carbocycles. The maximum Gasteiger partial charge on any atom is 0.253 e. The van der Waals surface area contributed by atoms with E-state index >= 15 is 0 Å². The zero-order valence-electron chi connectivity index (χ0n) is 12.4. The van der Waals surface area contributed by atoms with Crippen molar-refractivity contribution in [1.29, 1.82) is 0 Å². The van der Waals surface area contributed by atoms with Gasteiger partial charge < -0.3 is 16.7 Å². The molecule has 0 unspecified atom stereocenters. The lowest BCUT2D eigenvalue weighted by atomic mass is 9.99. The van der Waals surface area contributed by atoms with Gasteiger partial charge in [-0.1, -0.05) is 17.3 Å². The van der Waals surface area contributed by atoms with Gasteiger partial charge in [-0.3, -0.25) is 4.79 Å². The average Bonchev–Trinajstić information content (AvgIpc) is 2.41. The van der Waals surface area contributed by atoms with Gasteiger partial charge in [0.05, 0.1) is 18.5 Å². The fourth-order valence-corrected chi connectivity index (χ4v) is 3.02. The topological polar surface area (TPSA) is 139 Å². The van der Waals surface area contributed by atoms with Crippen LogP contribution in [-0.4, -0.2) is 48.9 Å². The van der Waals surface area contributed by atoms with Crippen molar-refractivity contribution < 1.29 is 18.4 Å².